The molecule has 1 amide bonds. The molecule has 2 aromatic carbocycles. The number of unbranched alkanes of at least 4 members (excludes halogenated alkanes) is 2. The Labute approximate surface area is 223 Å². The van der Waals surface area contributed by atoms with E-state index in [-0.39, 0.29) is 24.2 Å². The molecule has 6 nitrogen and oxygen atoms in total. The highest BCUT2D eigenvalue weighted by Crippen LogP contribution is 2.30. The number of hydrogen-bond donors (Lipinski definition) is 0. The van der Waals surface area contributed by atoms with Crippen LogP contribution in [0, 0.1) is 0 Å². The lowest BCUT2D eigenvalue weighted by Crippen LogP contribution is -2.56. The summed E-state index contributed by atoms with van der Waals surface area (Å²) in [5, 5.41) is 0. The highest BCUT2D eigenvalue weighted by Gasteiger charge is 2.34. The molecule has 0 N–H and O–H groups in total. The average Bonchev–Trinajstić information content (AvgIpc) is 3.27. The minimum atomic E-state index is -4.79. The molecule has 1 aliphatic rings. The van der Waals surface area contributed by atoms with E-state index in [1.807, 2.05) is 18.3 Å². The molecule has 1 saturated heterocycles. The molecular formula is C27H30BrF3N4O2. The fourth-order valence-electron chi connectivity index (χ4n) is 4.62. The third kappa shape index (κ3) is 7.58. The Kier molecular flexibility index (Phi) is 8.91. The van der Waals surface area contributed by atoms with Gasteiger partial charge in [-0.15, -0.1) is 13.2 Å². The predicted molar refractivity (Wildman–Crippen MR) is 139 cm³/mol. The van der Waals surface area contributed by atoms with Crippen LogP contribution in [0.3, 0.4) is 0 Å². The van der Waals surface area contributed by atoms with Gasteiger partial charge in [0.05, 0.1) is 18.6 Å². The van der Waals surface area contributed by atoms with Crippen molar-refractivity contribution in [2.75, 3.05) is 18.0 Å². The van der Waals surface area contributed by atoms with Crippen molar-refractivity contribution in [2.45, 2.75) is 58.1 Å². The monoisotopic (exact) mass is 578 g/mol. The number of rotatable bonds is 10. The summed E-state index contributed by atoms with van der Waals surface area (Å²) in [6.07, 6.45) is 2.89. The molecule has 1 aromatic heterocycles. The van der Waals surface area contributed by atoms with Crippen LogP contribution in [0.25, 0.3) is 0 Å². The van der Waals surface area contributed by atoms with E-state index in [0.29, 0.717) is 25.3 Å². The second-order valence-electron chi connectivity index (χ2n) is 9.24. The fraction of sp³-hybridized carbons (Fsp3) is 0.407. The number of ether oxygens (including phenoxy) is 1. The third-order valence-electron chi connectivity index (χ3n) is 6.48. The van der Waals surface area contributed by atoms with Gasteiger partial charge in [0, 0.05) is 48.1 Å². The van der Waals surface area contributed by atoms with Crippen LogP contribution in [0.2, 0.25) is 0 Å². The highest BCUT2D eigenvalue weighted by atomic mass is 79.9. The van der Waals surface area contributed by atoms with Crippen molar-refractivity contribution in [3.8, 4) is 5.75 Å². The summed E-state index contributed by atoms with van der Waals surface area (Å²) in [5.74, 6) is -0.491. The number of anilines is 1. The second-order valence-corrected chi connectivity index (χ2v) is 10.2. The van der Waals surface area contributed by atoms with Crippen molar-refractivity contribution in [3.63, 3.8) is 0 Å². The molecule has 0 bridgehead atoms. The van der Waals surface area contributed by atoms with Crippen LogP contribution in [0.4, 0.5) is 18.9 Å². The van der Waals surface area contributed by atoms with Gasteiger partial charge < -0.3 is 14.2 Å². The summed E-state index contributed by atoms with van der Waals surface area (Å²) >= 11 is 3.46. The molecule has 1 aliphatic heterocycles. The number of halogens is 4. The van der Waals surface area contributed by atoms with Crippen molar-refractivity contribution in [1.29, 1.82) is 0 Å². The van der Waals surface area contributed by atoms with Crippen molar-refractivity contribution in [2.24, 2.45) is 0 Å². The Bertz CT molecular complexity index is 1180. The first kappa shape index (κ1) is 27.2. The van der Waals surface area contributed by atoms with Gasteiger partial charge in [0.1, 0.15) is 5.75 Å². The number of benzene rings is 2. The number of nitrogens with zero attached hydrogens (tertiary/aromatic N) is 4. The minimum Gasteiger partial charge on any atom is -0.406 e. The Morgan fingerprint density at radius 3 is 2.62 bits per heavy atom. The lowest BCUT2D eigenvalue weighted by atomic mass is 10.0. The number of hydrogen-bond acceptors (Lipinski definition) is 4. The molecule has 0 spiro atoms. The zero-order valence-electron chi connectivity index (χ0n) is 20.6. The van der Waals surface area contributed by atoms with Gasteiger partial charge in [0.2, 0.25) is 5.91 Å². The summed E-state index contributed by atoms with van der Waals surface area (Å²) in [7, 11) is 0. The number of amides is 1. The van der Waals surface area contributed by atoms with Gasteiger partial charge in [0.15, 0.2) is 0 Å². The van der Waals surface area contributed by atoms with Crippen LogP contribution in [-0.2, 0) is 17.9 Å². The van der Waals surface area contributed by atoms with E-state index < -0.39 is 6.36 Å². The summed E-state index contributed by atoms with van der Waals surface area (Å²) in [6.45, 7) is 3.94. The van der Waals surface area contributed by atoms with E-state index >= 15 is 0 Å². The maximum Gasteiger partial charge on any atom is 0.573 e. The van der Waals surface area contributed by atoms with Gasteiger partial charge in [-0.3, -0.25) is 9.69 Å². The second kappa shape index (κ2) is 12.1. The topological polar surface area (TPSA) is 50.6 Å². The quantitative estimate of drug-likeness (QED) is 0.261. The molecule has 2 heterocycles. The van der Waals surface area contributed by atoms with Gasteiger partial charge in [-0.25, -0.2) is 4.98 Å². The first-order valence-corrected chi connectivity index (χ1v) is 13.1. The van der Waals surface area contributed by atoms with Gasteiger partial charge in [-0.05, 0) is 36.2 Å². The lowest BCUT2D eigenvalue weighted by Gasteiger charge is -2.41. The van der Waals surface area contributed by atoms with E-state index in [2.05, 4.69) is 54.2 Å². The standard InChI is InChI=1S/C27H30BrF3N4O2/c1-2-3-4-6-23-17-35(22-7-5-8-25(13-22)37-27(29,30)31)26(36)18-33(23)16-24-14-32-19-34(24)15-20-9-11-21(28)12-10-20/h5,7-14,19,23H,2-4,6,15-18H2,1H3/t23-/m0/s1. The van der Waals surface area contributed by atoms with Crippen LogP contribution >= 0.6 is 15.9 Å². The molecule has 10 heteroatoms. The fourth-order valence-corrected chi connectivity index (χ4v) is 4.88. The Balaban J connectivity index is 1.51. The molecule has 0 aliphatic carbocycles. The molecule has 0 unspecified atom stereocenters. The summed E-state index contributed by atoms with van der Waals surface area (Å²) in [6, 6.07) is 13.8. The Morgan fingerprint density at radius 2 is 1.89 bits per heavy atom. The zero-order chi connectivity index (χ0) is 26.4. The Hall–Kier alpha value is -2.85. The number of carbonyl (C=O) groups excluding carboxylic acids is 1. The van der Waals surface area contributed by atoms with E-state index in [1.165, 1.54) is 18.2 Å². The zero-order valence-corrected chi connectivity index (χ0v) is 22.2. The Morgan fingerprint density at radius 1 is 1.11 bits per heavy atom. The number of piperazine rings is 1. The van der Waals surface area contributed by atoms with Crippen molar-refractivity contribution in [3.05, 3.63) is 76.8 Å². The number of carbonyl (C=O) groups is 1. The largest absolute Gasteiger partial charge is 0.573 e. The summed E-state index contributed by atoms with van der Waals surface area (Å²) < 4.78 is 45.4. The smallest absolute Gasteiger partial charge is 0.406 e. The van der Waals surface area contributed by atoms with Gasteiger partial charge >= 0.3 is 6.36 Å². The number of aromatic nitrogens is 2. The molecule has 1 fully saturated rings. The van der Waals surface area contributed by atoms with Crippen LogP contribution < -0.4 is 9.64 Å². The molecular weight excluding hydrogens is 549 g/mol. The summed E-state index contributed by atoms with van der Waals surface area (Å²) in [4.78, 5) is 21.3. The van der Waals surface area contributed by atoms with E-state index in [9.17, 15) is 18.0 Å². The van der Waals surface area contributed by atoms with Crippen LogP contribution in [-0.4, -0.2) is 45.9 Å². The van der Waals surface area contributed by atoms with E-state index in [0.717, 1.165) is 41.4 Å². The minimum absolute atomic E-state index is 0.0625. The van der Waals surface area contributed by atoms with Crippen molar-refractivity contribution >= 4 is 27.5 Å². The molecule has 0 saturated carbocycles. The molecule has 37 heavy (non-hydrogen) atoms. The van der Waals surface area contributed by atoms with Crippen LogP contribution in [0.1, 0.15) is 43.9 Å². The third-order valence-corrected chi connectivity index (χ3v) is 7.01. The predicted octanol–water partition coefficient (Wildman–Crippen LogP) is 6.39. The molecule has 4 rings (SSSR count). The van der Waals surface area contributed by atoms with E-state index in [4.69, 9.17) is 0 Å². The van der Waals surface area contributed by atoms with Gasteiger partial charge in [-0.1, -0.05) is 60.3 Å². The SMILES string of the molecule is CCCCC[C@H]1CN(c2cccc(OC(F)(F)F)c2)C(=O)CN1Cc1cncn1Cc1ccc(Br)cc1. The summed E-state index contributed by atoms with van der Waals surface area (Å²) in [5.41, 5.74) is 2.56. The van der Waals surface area contributed by atoms with Crippen LogP contribution in [0.5, 0.6) is 5.75 Å². The molecule has 198 valence electrons. The first-order valence-electron chi connectivity index (χ1n) is 12.4. The number of imidazole rings is 1. The molecule has 1 atom stereocenters. The highest BCUT2D eigenvalue weighted by molar-refractivity contribution is 9.10. The first-order chi connectivity index (χ1) is 17.7. The molecule has 3 aromatic rings. The van der Waals surface area contributed by atoms with Crippen molar-refractivity contribution in [1.82, 2.24) is 14.5 Å². The maximum absolute atomic E-state index is 13.2. The maximum atomic E-state index is 13.2. The number of alkyl halides is 3. The lowest BCUT2D eigenvalue weighted by molar-refractivity contribution is -0.274. The molecule has 0 radical (unpaired) electrons. The average molecular weight is 579 g/mol. The van der Waals surface area contributed by atoms with Crippen molar-refractivity contribution < 1.29 is 22.7 Å². The van der Waals surface area contributed by atoms with Gasteiger partial charge in [-0.2, -0.15) is 0 Å². The van der Waals surface area contributed by atoms with Gasteiger partial charge in [0.25, 0.3) is 0 Å². The van der Waals surface area contributed by atoms with E-state index in [1.54, 1.807) is 17.3 Å². The van der Waals surface area contributed by atoms with Crippen LogP contribution in [0.15, 0.2) is 65.5 Å². The normalized spacial score (nSPS) is 16.8.